The van der Waals surface area contributed by atoms with Gasteiger partial charge < -0.3 is 9.84 Å². The van der Waals surface area contributed by atoms with Gasteiger partial charge in [0.2, 0.25) is 0 Å². The average Bonchev–Trinajstić information content (AvgIpc) is 2.77. The van der Waals surface area contributed by atoms with Crippen LogP contribution in [0.25, 0.3) is 0 Å². The van der Waals surface area contributed by atoms with Gasteiger partial charge in [-0.15, -0.1) is 0 Å². The van der Waals surface area contributed by atoms with Crippen molar-refractivity contribution < 1.29 is 14.6 Å². The molecule has 4 nitrogen and oxygen atoms in total. The fourth-order valence-electron chi connectivity index (χ4n) is 2.34. The molecule has 18 heavy (non-hydrogen) atoms. The molecule has 2 rings (SSSR count). The molecule has 1 N–H and O–H groups in total. The molecule has 0 unspecified atom stereocenters. The monoisotopic (exact) mass is 269 g/mol. The molecule has 1 aromatic carbocycles. The maximum atomic E-state index is 11.1. The molecule has 98 valence electrons. The van der Waals surface area contributed by atoms with Crippen molar-refractivity contribution in [2.45, 2.75) is 25.4 Å². The standard InChI is InChI=1S/C13H16ClNO3/c1-18-12-5-4-9(7-10(12)14)8-15-6-2-3-11(15)13(16)17/h4-5,7,11H,2-3,6,8H2,1H3,(H,16,17)/t11-/m1/s1. The van der Waals surface area contributed by atoms with Gasteiger partial charge in [0.15, 0.2) is 0 Å². The largest absolute Gasteiger partial charge is 0.495 e. The number of likely N-dealkylation sites (tertiary alicyclic amines) is 1. The fraction of sp³-hybridized carbons (Fsp3) is 0.462. The van der Waals surface area contributed by atoms with Gasteiger partial charge in [0.05, 0.1) is 12.1 Å². The normalized spacial score (nSPS) is 20.0. The van der Waals surface area contributed by atoms with Crippen LogP contribution in [0, 0.1) is 0 Å². The molecule has 0 aromatic heterocycles. The Morgan fingerprint density at radius 1 is 1.61 bits per heavy atom. The summed E-state index contributed by atoms with van der Waals surface area (Å²) in [6.45, 7) is 1.43. The third-order valence-electron chi connectivity index (χ3n) is 3.25. The fourth-order valence-corrected chi connectivity index (χ4v) is 2.62. The van der Waals surface area contributed by atoms with Crippen LogP contribution in [0.5, 0.6) is 5.75 Å². The van der Waals surface area contributed by atoms with Crippen molar-refractivity contribution in [1.29, 1.82) is 0 Å². The Balaban J connectivity index is 2.09. The zero-order valence-electron chi connectivity index (χ0n) is 10.2. The number of hydrogen-bond donors (Lipinski definition) is 1. The van der Waals surface area contributed by atoms with Gasteiger partial charge in [0.25, 0.3) is 0 Å². The van der Waals surface area contributed by atoms with Crippen LogP contribution in [0.1, 0.15) is 18.4 Å². The average molecular weight is 270 g/mol. The second kappa shape index (κ2) is 5.59. The number of carboxylic acid groups (broad SMARTS) is 1. The smallest absolute Gasteiger partial charge is 0.320 e. The quantitative estimate of drug-likeness (QED) is 0.912. The van der Waals surface area contributed by atoms with Crippen molar-refractivity contribution in [3.8, 4) is 5.75 Å². The lowest BCUT2D eigenvalue weighted by atomic mass is 10.2. The van der Waals surface area contributed by atoms with Crippen LogP contribution in [0.2, 0.25) is 5.02 Å². The first-order valence-corrected chi connectivity index (χ1v) is 6.29. The van der Waals surface area contributed by atoms with Crippen LogP contribution in [-0.4, -0.2) is 35.7 Å². The predicted octanol–water partition coefficient (Wildman–Crippen LogP) is 2.40. The van der Waals surface area contributed by atoms with E-state index in [1.807, 2.05) is 23.1 Å². The van der Waals surface area contributed by atoms with E-state index in [1.165, 1.54) is 0 Å². The van der Waals surface area contributed by atoms with E-state index in [0.29, 0.717) is 17.3 Å². The van der Waals surface area contributed by atoms with E-state index in [4.69, 9.17) is 21.4 Å². The van der Waals surface area contributed by atoms with Crippen LogP contribution in [0.15, 0.2) is 18.2 Å². The van der Waals surface area contributed by atoms with Crippen LogP contribution in [0.4, 0.5) is 0 Å². The lowest BCUT2D eigenvalue weighted by Gasteiger charge is -2.21. The molecular formula is C13H16ClNO3. The van der Waals surface area contributed by atoms with Crippen molar-refractivity contribution in [3.05, 3.63) is 28.8 Å². The van der Waals surface area contributed by atoms with Gasteiger partial charge in [-0.25, -0.2) is 0 Å². The molecule has 1 aliphatic rings. The Labute approximate surface area is 111 Å². The van der Waals surface area contributed by atoms with Gasteiger partial charge in [0.1, 0.15) is 11.8 Å². The minimum absolute atomic E-state index is 0.370. The number of hydrogen-bond acceptors (Lipinski definition) is 3. The van der Waals surface area contributed by atoms with Gasteiger partial charge in [-0.2, -0.15) is 0 Å². The maximum Gasteiger partial charge on any atom is 0.320 e. The van der Waals surface area contributed by atoms with Crippen molar-refractivity contribution in [2.75, 3.05) is 13.7 Å². The summed E-state index contributed by atoms with van der Waals surface area (Å²) in [4.78, 5) is 13.1. The molecular weight excluding hydrogens is 254 g/mol. The SMILES string of the molecule is COc1ccc(CN2CCC[C@@H]2C(=O)O)cc1Cl. The molecule has 1 aliphatic heterocycles. The summed E-state index contributed by atoms with van der Waals surface area (Å²) in [5.41, 5.74) is 1.01. The summed E-state index contributed by atoms with van der Waals surface area (Å²) in [6.07, 6.45) is 1.65. The first kappa shape index (κ1) is 13.2. The summed E-state index contributed by atoms with van der Waals surface area (Å²) in [5.74, 6) is -0.108. The Hall–Kier alpha value is -1.26. The Morgan fingerprint density at radius 3 is 3.00 bits per heavy atom. The zero-order chi connectivity index (χ0) is 13.1. The van der Waals surface area contributed by atoms with Gasteiger partial charge in [-0.3, -0.25) is 9.69 Å². The number of nitrogens with zero attached hydrogens (tertiary/aromatic N) is 1. The maximum absolute atomic E-state index is 11.1. The highest BCUT2D eigenvalue weighted by atomic mass is 35.5. The Bertz CT molecular complexity index is 450. The van der Waals surface area contributed by atoms with E-state index in [-0.39, 0.29) is 6.04 Å². The first-order chi connectivity index (χ1) is 8.61. The molecule has 0 aliphatic carbocycles. The van der Waals surface area contributed by atoms with Crippen molar-refractivity contribution >= 4 is 17.6 Å². The van der Waals surface area contributed by atoms with Crippen LogP contribution < -0.4 is 4.74 Å². The third kappa shape index (κ3) is 2.76. The van der Waals surface area contributed by atoms with Crippen molar-refractivity contribution in [3.63, 3.8) is 0 Å². The highest BCUT2D eigenvalue weighted by Crippen LogP contribution is 2.27. The third-order valence-corrected chi connectivity index (χ3v) is 3.55. The summed E-state index contributed by atoms with van der Waals surface area (Å²) >= 11 is 6.05. The highest BCUT2D eigenvalue weighted by Gasteiger charge is 2.30. The van der Waals surface area contributed by atoms with E-state index in [9.17, 15) is 4.79 Å². The predicted molar refractivity (Wildman–Crippen MR) is 69.1 cm³/mol. The lowest BCUT2D eigenvalue weighted by Crippen LogP contribution is -2.35. The molecule has 1 aromatic rings. The highest BCUT2D eigenvalue weighted by molar-refractivity contribution is 6.32. The molecule has 0 bridgehead atoms. The number of carbonyl (C=O) groups is 1. The number of carboxylic acids is 1. The van der Waals surface area contributed by atoms with Crippen LogP contribution >= 0.6 is 11.6 Å². The number of halogens is 1. The van der Waals surface area contributed by atoms with E-state index in [0.717, 1.165) is 24.9 Å². The molecule has 0 spiro atoms. The second-order valence-corrected chi connectivity index (χ2v) is 4.84. The summed E-state index contributed by atoms with van der Waals surface area (Å²) in [7, 11) is 1.57. The molecule has 1 fully saturated rings. The van der Waals surface area contributed by atoms with E-state index in [1.54, 1.807) is 7.11 Å². The van der Waals surface area contributed by atoms with E-state index >= 15 is 0 Å². The molecule has 0 radical (unpaired) electrons. The lowest BCUT2D eigenvalue weighted by molar-refractivity contribution is -0.142. The number of rotatable bonds is 4. The minimum Gasteiger partial charge on any atom is -0.495 e. The molecule has 5 heteroatoms. The number of methoxy groups -OCH3 is 1. The Morgan fingerprint density at radius 2 is 2.39 bits per heavy atom. The number of ether oxygens (including phenoxy) is 1. The summed E-state index contributed by atoms with van der Waals surface area (Å²) in [6, 6.07) is 5.19. The summed E-state index contributed by atoms with van der Waals surface area (Å²) in [5, 5.41) is 9.67. The number of aliphatic carboxylic acids is 1. The van der Waals surface area contributed by atoms with Gasteiger partial charge in [-0.1, -0.05) is 17.7 Å². The molecule has 1 heterocycles. The Kier molecular flexibility index (Phi) is 4.09. The van der Waals surface area contributed by atoms with E-state index < -0.39 is 5.97 Å². The molecule has 0 amide bonds. The van der Waals surface area contributed by atoms with Gasteiger partial charge in [-0.05, 0) is 37.1 Å². The second-order valence-electron chi connectivity index (χ2n) is 4.44. The number of benzene rings is 1. The van der Waals surface area contributed by atoms with Crippen molar-refractivity contribution in [1.82, 2.24) is 4.90 Å². The van der Waals surface area contributed by atoms with E-state index in [2.05, 4.69) is 0 Å². The molecule has 0 saturated carbocycles. The summed E-state index contributed by atoms with van der Waals surface area (Å²) < 4.78 is 5.09. The topological polar surface area (TPSA) is 49.8 Å². The van der Waals surface area contributed by atoms with Crippen LogP contribution in [-0.2, 0) is 11.3 Å². The molecule has 1 saturated heterocycles. The zero-order valence-corrected chi connectivity index (χ0v) is 11.0. The first-order valence-electron chi connectivity index (χ1n) is 5.91. The molecule has 1 atom stereocenters. The van der Waals surface area contributed by atoms with Crippen molar-refractivity contribution in [2.24, 2.45) is 0 Å². The van der Waals surface area contributed by atoms with Gasteiger partial charge in [0, 0.05) is 6.54 Å². The van der Waals surface area contributed by atoms with Crippen LogP contribution in [0.3, 0.4) is 0 Å². The van der Waals surface area contributed by atoms with Gasteiger partial charge >= 0.3 is 5.97 Å². The minimum atomic E-state index is -0.743.